The molecule has 0 amide bonds. The van der Waals surface area contributed by atoms with Gasteiger partial charge in [0, 0.05) is 19.0 Å². The zero-order valence-electron chi connectivity index (χ0n) is 11.4. The lowest BCUT2D eigenvalue weighted by Gasteiger charge is -2.03. The van der Waals surface area contributed by atoms with Gasteiger partial charge in [-0.25, -0.2) is 4.98 Å². The fourth-order valence-electron chi connectivity index (χ4n) is 2.45. The predicted molar refractivity (Wildman–Crippen MR) is 80.0 cm³/mol. The van der Waals surface area contributed by atoms with E-state index >= 15 is 0 Å². The normalized spacial score (nSPS) is 10.8. The molecule has 3 rings (SSSR count). The molecule has 3 aromatic rings. The topological polar surface area (TPSA) is 34.9 Å². The van der Waals surface area contributed by atoms with Gasteiger partial charge in [-0.05, 0) is 30.2 Å². The fourth-order valence-corrected chi connectivity index (χ4v) is 2.45. The maximum absolute atomic E-state index is 10.8. The van der Waals surface area contributed by atoms with Crippen LogP contribution in [0.4, 0.5) is 0 Å². The van der Waals surface area contributed by atoms with Crippen molar-refractivity contribution in [2.75, 3.05) is 0 Å². The minimum absolute atomic E-state index is 0.690. The van der Waals surface area contributed by atoms with Crippen molar-refractivity contribution in [3.8, 4) is 0 Å². The van der Waals surface area contributed by atoms with Crippen LogP contribution in [-0.2, 0) is 19.9 Å². The average molecular weight is 264 g/mol. The summed E-state index contributed by atoms with van der Waals surface area (Å²) in [7, 11) is 2.00. The van der Waals surface area contributed by atoms with E-state index in [0.29, 0.717) is 5.56 Å². The Labute approximate surface area is 117 Å². The number of carbonyl (C=O) groups excluding carboxylic acids is 1. The van der Waals surface area contributed by atoms with Crippen molar-refractivity contribution in [3.05, 3.63) is 65.5 Å². The van der Waals surface area contributed by atoms with E-state index in [1.54, 1.807) is 0 Å². The number of aldehydes is 1. The molecular weight excluding hydrogens is 248 g/mol. The highest BCUT2D eigenvalue weighted by molar-refractivity contribution is 5.85. The number of aryl methyl sites for hydroxylation is 3. The fraction of sp³-hybridized carbons (Fsp3) is 0.176. The molecule has 2 aromatic carbocycles. The molecule has 0 N–H and O–H groups in total. The molecule has 0 atom stereocenters. The minimum atomic E-state index is 0.690. The number of nitrogens with zero attached hydrogens (tertiary/aromatic N) is 2. The highest BCUT2D eigenvalue weighted by Gasteiger charge is 2.08. The Balaban J connectivity index is 1.88. The standard InChI is InChI=1S/C17H16N2O/c1-19-16-11-14(12-20)7-9-15(16)18-17(19)10-8-13-5-3-2-4-6-13/h2-7,9,11-12H,8,10H2,1H3. The van der Waals surface area contributed by atoms with Crippen LogP contribution in [0.2, 0.25) is 0 Å². The Morgan fingerprint density at radius 3 is 2.65 bits per heavy atom. The molecule has 0 aliphatic heterocycles. The second-order valence-electron chi connectivity index (χ2n) is 4.94. The smallest absolute Gasteiger partial charge is 0.150 e. The van der Waals surface area contributed by atoms with E-state index in [2.05, 4.69) is 33.8 Å². The first-order valence-electron chi connectivity index (χ1n) is 6.72. The van der Waals surface area contributed by atoms with Gasteiger partial charge in [0.1, 0.15) is 12.1 Å². The molecule has 0 radical (unpaired) electrons. The van der Waals surface area contributed by atoms with Crippen LogP contribution in [0.1, 0.15) is 21.7 Å². The molecule has 0 unspecified atom stereocenters. The Morgan fingerprint density at radius 1 is 1.10 bits per heavy atom. The summed E-state index contributed by atoms with van der Waals surface area (Å²) in [5.41, 5.74) is 3.96. The maximum atomic E-state index is 10.8. The van der Waals surface area contributed by atoms with Gasteiger partial charge in [-0.3, -0.25) is 4.79 Å². The molecule has 1 heterocycles. The first-order chi connectivity index (χ1) is 9.78. The number of hydrogen-bond acceptors (Lipinski definition) is 2. The monoisotopic (exact) mass is 264 g/mol. The van der Waals surface area contributed by atoms with Gasteiger partial charge in [-0.15, -0.1) is 0 Å². The number of carbonyl (C=O) groups is 1. The molecule has 0 aliphatic carbocycles. The van der Waals surface area contributed by atoms with Gasteiger partial charge in [-0.1, -0.05) is 30.3 Å². The summed E-state index contributed by atoms with van der Waals surface area (Å²) in [6, 6.07) is 16.0. The van der Waals surface area contributed by atoms with Crippen LogP contribution in [-0.4, -0.2) is 15.8 Å². The zero-order valence-corrected chi connectivity index (χ0v) is 11.4. The summed E-state index contributed by atoms with van der Waals surface area (Å²) in [5, 5.41) is 0. The summed E-state index contributed by atoms with van der Waals surface area (Å²) >= 11 is 0. The van der Waals surface area contributed by atoms with Gasteiger partial charge in [0.25, 0.3) is 0 Å². The van der Waals surface area contributed by atoms with Crippen molar-refractivity contribution in [1.82, 2.24) is 9.55 Å². The third-order valence-electron chi connectivity index (χ3n) is 3.61. The van der Waals surface area contributed by atoms with E-state index in [1.165, 1.54) is 5.56 Å². The highest BCUT2D eigenvalue weighted by atomic mass is 16.1. The van der Waals surface area contributed by atoms with Gasteiger partial charge in [0.05, 0.1) is 11.0 Å². The highest BCUT2D eigenvalue weighted by Crippen LogP contribution is 2.17. The van der Waals surface area contributed by atoms with Crippen LogP contribution in [0, 0.1) is 0 Å². The average Bonchev–Trinajstić information content (AvgIpc) is 2.82. The number of fused-ring (bicyclic) bond motifs is 1. The van der Waals surface area contributed by atoms with Crippen molar-refractivity contribution in [2.45, 2.75) is 12.8 Å². The van der Waals surface area contributed by atoms with Crippen molar-refractivity contribution >= 4 is 17.3 Å². The number of hydrogen-bond donors (Lipinski definition) is 0. The van der Waals surface area contributed by atoms with Crippen molar-refractivity contribution < 1.29 is 4.79 Å². The summed E-state index contributed by atoms with van der Waals surface area (Å²) < 4.78 is 2.07. The number of imidazole rings is 1. The van der Waals surface area contributed by atoms with Crippen LogP contribution < -0.4 is 0 Å². The predicted octanol–water partition coefficient (Wildman–Crippen LogP) is 3.17. The largest absolute Gasteiger partial charge is 0.331 e. The van der Waals surface area contributed by atoms with Gasteiger partial charge in [-0.2, -0.15) is 0 Å². The van der Waals surface area contributed by atoms with Crippen LogP contribution in [0.25, 0.3) is 11.0 Å². The second-order valence-corrected chi connectivity index (χ2v) is 4.94. The zero-order chi connectivity index (χ0) is 13.9. The van der Waals surface area contributed by atoms with E-state index in [0.717, 1.165) is 36.0 Å². The molecule has 3 heteroatoms. The first-order valence-corrected chi connectivity index (χ1v) is 6.72. The molecule has 0 bridgehead atoms. The number of rotatable bonds is 4. The van der Waals surface area contributed by atoms with E-state index in [1.807, 2.05) is 31.3 Å². The molecule has 0 aliphatic rings. The van der Waals surface area contributed by atoms with Crippen molar-refractivity contribution in [2.24, 2.45) is 7.05 Å². The molecule has 20 heavy (non-hydrogen) atoms. The van der Waals surface area contributed by atoms with Gasteiger partial charge in [0.15, 0.2) is 0 Å². The summed E-state index contributed by atoms with van der Waals surface area (Å²) in [6.07, 6.45) is 2.74. The maximum Gasteiger partial charge on any atom is 0.150 e. The molecule has 0 spiro atoms. The molecule has 0 fully saturated rings. The number of aromatic nitrogens is 2. The quantitative estimate of drug-likeness (QED) is 0.678. The summed E-state index contributed by atoms with van der Waals surface area (Å²) in [6.45, 7) is 0. The first kappa shape index (κ1) is 12.6. The van der Waals surface area contributed by atoms with Gasteiger partial charge in [0.2, 0.25) is 0 Å². The van der Waals surface area contributed by atoms with Crippen LogP contribution >= 0.6 is 0 Å². The molecule has 1 aromatic heterocycles. The van der Waals surface area contributed by atoms with E-state index in [4.69, 9.17) is 0 Å². The van der Waals surface area contributed by atoms with Gasteiger partial charge >= 0.3 is 0 Å². The molecular formula is C17H16N2O. The van der Waals surface area contributed by atoms with E-state index < -0.39 is 0 Å². The lowest BCUT2D eigenvalue weighted by atomic mass is 10.1. The summed E-state index contributed by atoms with van der Waals surface area (Å²) in [4.78, 5) is 15.5. The third kappa shape index (κ3) is 2.35. The SMILES string of the molecule is Cn1c(CCc2ccccc2)nc2ccc(C=O)cc21. The van der Waals surface area contributed by atoms with Crippen LogP contribution in [0.5, 0.6) is 0 Å². The lowest BCUT2D eigenvalue weighted by Crippen LogP contribution is -2.00. The Bertz CT molecular complexity index is 744. The Kier molecular flexibility index (Phi) is 3.33. The second kappa shape index (κ2) is 5.29. The molecule has 3 nitrogen and oxygen atoms in total. The molecule has 0 saturated heterocycles. The van der Waals surface area contributed by atoms with Crippen LogP contribution in [0.15, 0.2) is 48.5 Å². The van der Waals surface area contributed by atoms with E-state index in [9.17, 15) is 4.79 Å². The minimum Gasteiger partial charge on any atom is -0.331 e. The van der Waals surface area contributed by atoms with Crippen LogP contribution in [0.3, 0.4) is 0 Å². The summed E-state index contributed by atoms with van der Waals surface area (Å²) in [5.74, 6) is 1.05. The number of benzene rings is 2. The Morgan fingerprint density at radius 2 is 1.90 bits per heavy atom. The molecule has 0 saturated carbocycles. The lowest BCUT2D eigenvalue weighted by molar-refractivity contribution is 0.112. The Hall–Kier alpha value is -2.42. The van der Waals surface area contributed by atoms with Crippen molar-refractivity contribution in [3.63, 3.8) is 0 Å². The van der Waals surface area contributed by atoms with Crippen molar-refractivity contribution in [1.29, 1.82) is 0 Å². The van der Waals surface area contributed by atoms with Gasteiger partial charge < -0.3 is 4.57 Å². The molecule has 100 valence electrons. The third-order valence-corrected chi connectivity index (χ3v) is 3.61. The van der Waals surface area contributed by atoms with E-state index in [-0.39, 0.29) is 0 Å².